The second-order valence-electron chi connectivity index (χ2n) is 7.35. The molecule has 0 radical (unpaired) electrons. The van der Waals surface area contributed by atoms with Gasteiger partial charge in [-0.2, -0.15) is 0 Å². The highest BCUT2D eigenvalue weighted by atomic mass is 32.1. The highest BCUT2D eigenvalue weighted by Gasteiger charge is 2.24. The van der Waals surface area contributed by atoms with Crippen molar-refractivity contribution >= 4 is 39.1 Å². The van der Waals surface area contributed by atoms with Gasteiger partial charge in [-0.3, -0.25) is 4.79 Å². The van der Waals surface area contributed by atoms with E-state index in [0.29, 0.717) is 11.7 Å². The van der Waals surface area contributed by atoms with Gasteiger partial charge < -0.3 is 10.2 Å². The molecule has 3 aromatic rings. The molecule has 0 aliphatic heterocycles. The van der Waals surface area contributed by atoms with E-state index < -0.39 is 0 Å². The van der Waals surface area contributed by atoms with Crippen molar-refractivity contribution in [3.63, 3.8) is 0 Å². The SMILES string of the molecule is Cc1ccnc(NC(=O)CN(C)c2ncnc3sc4c(c23)CC[C@@H](C)C4)c1. The summed E-state index contributed by atoms with van der Waals surface area (Å²) in [6.07, 6.45) is 6.65. The number of thiophene rings is 1. The van der Waals surface area contributed by atoms with E-state index in [2.05, 4.69) is 27.2 Å². The van der Waals surface area contributed by atoms with Gasteiger partial charge in [-0.1, -0.05) is 6.92 Å². The molecular formula is C20H23N5OS. The topological polar surface area (TPSA) is 71.0 Å². The van der Waals surface area contributed by atoms with Gasteiger partial charge in [-0.05, 0) is 55.4 Å². The van der Waals surface area contributed by atoms with Crippen molar-refractivity contribution in [2.75, 3.05) is 23.8 Å². The molecule has 0 saturated carbocycles. The van der Waals surface area contributed by atoms with E-state index in [1.807, 2.05) is 31.0 Å². The number of carbonyl (C=O) groups excluding carboxylic acids is 1. The predicted octanol–water partition coefficient (Wildman–Crippen LogP) is 3.59. The van der Waals surface area contributed by atoms with Crippen LogP contribution >= 0.6 is 11.3 Å². The molecule has 4 rings (SSSR count). The summed E-state index contributed by atoms with van der Waals surface area (Å²) < 4.78 is 0. The van der Waals surface area contributed by atoms with Crippen LogP contribution in [0.2, 0.25) is 0 Å². The third-order valence-corrected chi connectivity index (χ3v) is 6.16. The van der Waals surface area contributed by atoms with Gasteiger partial charge in [0.2, 0.25) is 5.91 Å². The van der Waals surface area contributed by atoms with E-state index in [-0.39, 0.29) is 12.5 Å². The highest BCUT2D eigenvalue weighted by Crippen LogP contribution is 2.40. The van der Waals surface area contributed by atoms with E-state index in [9.17, 15) is 4.79 Å². The van der Waals surface area contributed by atoms with Crippen LogP contribution in [0.15, 0.2) is 24.7 Å². The summed E-state index contributed by atoms with van der Waals surface area (Å²) in [6, 6.07) is 3.76. The minimum Gasteiger partial charge on any atom is -0.350 e. The van der Waals surface area contributed by atoms with Crippen molar-refractivity contribution in [2.45, 2.75) is 33.1 Å². The second kappa shape index (κ2) is 7.23. The summed E-state index contributed by atoms with van der Waals surface area (Å²) in [5.74, 6) is 2.01. The van der Waals surface area contributed by atoms with Gasteiger partial charge in [-0.15, -0.1) is 11.3 Å². The molecule has 1 amide bonds. The lowest BCUT2D eigenvalue weighted by molar-refractivity contribution is -0.114. The van der Waals surface area contributed by atoms with Crippen LogP contribution in [0.1, 0.15) is 29.3 Å². The first kappa shape index (κ1) is 17.9. The van der Waals surface area contributed by atoms with Crippen LogP contribution in [0, 0.1) is 12.8 Å². The molecule has 27 heavy (non-hydrogen) atoms. The molecule has 0 saturated heterocycles. The molecule has 1 aliphatic carbocycles. The number of hydrogen-bond acceptors (Lipinski definition) is 6. The smallest absolute Gasteiger partial charge is 0.245 e. The zero-order chi connectivity index (χ0) is 19.0. The van der Waals surface area contributed by atoms with Crippen molar-refractivity contribution < 1.29 is 4.79 Å². The van der Waals surface area contributed by atoms with Gasteiger partial charge in [0.05, 0.1) is 11.9 Å². The number of fused-ring (bicyclic) bond motifs is 3. The standard InChI is InChI=1S/C20H23N5OS/c1-12-4-5-14-15(8-12)27-20-18(14)19(22-11-23-20)25(3)10-17(26)24-16-9-13(2)6-7-21-16/h6-7,9,11-12H,4-5,8,10H2,1-3H3,(H,21,24,26)/t12-/m1/s1. The average molecular weight is 382 g/mol. The van der Waals surface area contributed by atoms with Crippen LogP contribution in [0.3, 0.4) is 0 Å². The molecular weight excluding hydrogens is 358 g/mol. The quantitative estimate of drug-likeness (QED) is 0.748. The van der Waals surface area contributed by atoms with Gasteiger partial charge in [0.25, 0.3) is 0 Å². The van der Waals surface area contributed by atoms with E-state index in [1.165, 1.54) is 16.9 Å². The Balaban J connectivity index is 1.57. The maximum Gasteiger partial charge on any atom is 0.245 e. The lowest BCUT2D eigenvalue weighted by Crippen LogP contribution is -2.31. The number of anilines is 2. The van der Waals surface area contributed by atoms with E-state index in [4.69, 9.17) is 0 Å². The van der Waals surface area contributed by atoms with Crippen LogP contribution in [0.4, 0.5) is 11.6 Å². The lowest BCUT2D eigenvalue weighted by Gasteiger charge is -2.21. The number of nitrogens with one attached hydrogen (secondary N) is 1. The fraction of sp³-hybridized carbons (Fsp3) is 0.400. The molecule has 1 atom stereocenters. The molecule has 1 aliphatic rings. The molecule has 0 bridgehead atoms. The van der Waals surface area contributed by atoms with Crippen LogP contribution < -0.4 is 10.2 Å². The van der Waals surface area contributed by atoms with Gasteiger partial charge in [0.1, 0.15) is 22.8 Å². The van der Waals surface area contributed by atoms with Gasteiger partial charge in [0.15, 0.2) is 0 Å². The largest absolute Gasteiger partial charge is 0.350 e. The first-order chi connectivity index (χ1) is 13.0. The Morgan fingerprint density at radius 3 is 3.04 bits per heavy atom. The van der Waals surface area contributed by atoms with Crippen LogP contribution in [-0.4, -0.2) is 34.5 Å². The number of carbonyl (C=O) groups is 1. The lowest BCUT2D eigenvalue weighted by atomic mass is 9.89. The molecule has 3 heterocycles. The van der Waals surface area contributed by atoms with E-state index >= 15 is 0 Å². The third kappa shape index (κ3) is 3.64. The number of amides is 1. The van der Waals surface area contributed by atoms with Crippen molar-refractivity contribution in [3.8, 4) is 0 Å². The fourth-order valence-electron chi connectivity index (χ4n) is 3.63. The highest BCUT2D eigenvalue weighted by molar-refractivity contribution is 7.19. The molecule has 0 spiro atoms. The Morgan fingerprint density at radius 2 is 2.22 bits per heavy atom. The summed E-state index contributed by atoms with van der Waals surface area (Å²) in [5.41, 5.74) is 2.43. The Hall–Kier alpha value is -2.54. The van der Waals surface area contributed by atoms with Crippen molar-refractivity contribution in [1.82, 2.24) is 15.0 Å². The Morgan fingerprint density at radius 1 is 1.37 bits per heavy atom. The monoisotopic (exact) mass is 381 g/mol. The number of nitrogens with zero attached hydrogens (tertiary/aromatic N) is 4. The number of hydrogen-bond donors (Lipinski definition) is 1. The van der Waals surface area contributed by atoms with Gasteiger partial charge in [0, 0.05) is 18.1 Å². The summed E-state index contributed by atoms with van der Waals surface area (Å²) in [6.45, 7) is 4.49. The first-order valence-electron chi connectivity index (χ1n) is 9.20. The first-order valence-corrected chi connectivity index (χ1v) is 10.0. The van der Waals surface area contributed by atoms with E-state index in [0.717, 1.165) is 34.4 Å². The minimum absolute atomic E-state index is 0.111. The third-order valence-electron chi connectivity index (χ3n) is 5.00. The van der Waals surface area contributed by atoms with Gasteiger partial charge in [-0.25, -0.2) is 15.0 Å². The van der Waals surface area contributed by atoms with Crippen molar-refractivity contribution in [1.29, 1.82) is 0 Å². The fourth-order valence-corrected chi connectivity index (χ4v) is 4.97. The van der Waals surface area contributed by atoms with Crippen LogP contribution in [0.25, 0.3) is 10.2 Å². The molecule has 1 N–H and O–H groups in total. The maximum atomic E-state index is 12.5. The molecule has 7 heteroatoms. The van der Waals surface area contributed by atoms with Crippen molar-refractivity contribution in [2.24, 2.45) is 5.92 Å². The van der Waals surface area contributed by atoms with Gasteiger partial charge >= 0.3 is 0 Å². The number of rotatable bonds is 4. The molecule has 140 valence electrons. The number of likely N-dealkylation sites (N-methyl/N-ethyl adjacent to an activating group) is 1. The zero-order valence-corrected chi connectivity index (χ0v) is 16.6. The van der Waals surface area contributed by atoms with Crippen LogP contribution in [-0.2, 0) is 17.6 Å². The summed E-state index contributed by atoms with van der Waals surface area (Å²) in [7, 11) is 1.90. The summed E-state index contributed by atoms with van der Waals surface area (Å²) in [4.78, 5) is 30.0. The Labute approximate surface area is 162 Å². The molecule has 0 aromatic carbocycles. The average Bonchev–Trinajstić information content (AvgIpc) is 2.98. The minimum atomic E-state index is -0.111. The maximum absolute atomic E-state index is 12.5. The summed E-state index contributed by atoms with van der Waals surface area (Å²) in [5, 5.41) is 3.98. The zero-order valence-electron chi connectivity index (χ0n) is 15.8. The normalized spacial score (nSPS) is 16.2. The molecule has 0 fully saturated rings. The Kier molecular flexibility index (Phi) is 4.78. The summed E-state index contributed by atoms with van der Waals surface area (Å²) >= 11 is 1.77. The Bertz CT molecular complexity index is 999. The predicted molar refractivity (Wildman–Crippen MR) is 109 cm³/mol. The number of pyridine rings is 1. The molecule has 0 unspecified atom stereocenters. The van der Waals surface area contributed by atoms with E-state index in [1.54, 1.807) is 23.9 Å². The second-order valence-corrected chi connectivity index (χ2v) is 8.44. The molecule has 6 nitrogen and oxygen atoms in total. The number of aromatic nitrogens is 3. The van der Waals surface area contributed by atoms with Crippen LogP contribution in [0.5, 0.6) is 0 Å². The number of aryl methyl sites for hydroxylation is 2. The van der Waals surface area contributed by atoms with Crippen molar-refractivity contribution in [3.05, 3.63) is 40.7 Å². The molecule has 3 aromatic heterocycles.